The molecule has 34 heavy (non-hydrogen) atoms. The molecule has 196 valence electrons. The lowest BCUT2D eigenvalue weighted by Crippen LogP contribution is -2.64. The van der Waals surface area contributed by atoms with Crippen LogP contribution in [0.4, 0.5) is 0 Å². The van der Waals surface area contributed by atoms with Crippen molar-refractivity contribution in [3.05, 3.63) is 12.3 Å². The summed E-state index contributed by atoms with van der Waals surface area (Å²) in [6.45, 7) is 6.56. The molecule has 10 nitrogen and oxygen atoms in total. The van der Waals surface area contributed by atoms with Gasteiger partial charge in [0, 0.05) is 26.5 Å². The molecule has 10 heteroatoms. The summed E-state index contributed by atoms with van der Waals surface area (Å²) < 4.78 is 16.8. The summed E-state index contributed by atoms with van der Waals surface area (Å²) in [4.78, 5) is 26.0. The second-order valence-electron chi connectivity index (χ2n) is 9.40. The molecule has 6 atom stereocenters. The number of aliphatic hydroxyl groups excluding tert-OH is 3. The van der Waals surface area contributed by atoms with E-state index in [0.29, 0.717) is 25.4 Å². The molecule has 0 aromatic rings. The number of hydrogen-bond donors (Lipinski definition) is 4. The van der Waals surface area contributed by atoms with Crippen molar-refractivity contribution in [2.45, 2.75) is 96.0 Å². The Hall–Kier alpha value is -1.72. The maximum Gasteiger partial charge on any atom is 0.222 e. The molecule has 0 saturated carbocycles. The molecular formula is C24H42N2O8. The molecule has 0 radical (unpaired) electrons. The van der Waals surface area contributed by atoms with Crippen molar-refractivity contribution in [1.82, 2.24) is 10.2 Å². The first-order valence-corrected chi connectivity index (χ1v) is 12.3. The third kappa shape index (κ3) is 8.81. The molecule has 4 N–H and O–H groups in total. The van der Waals surface area contributed by atoms with Crippen LogP contribution in [0.25, 0.3) is 0 Å². The Morgan fingerprint density at radius 2 is 1.97 bits per heavy atom. The number of nitrogens with zero attached hydrogens (tertiary/aromatic N) is 1. The monoisotopic (exact) mass is 486 g/mol. The zero-order valence-electron chi connectivity index (χ0n) is 20.6. The number of amides is 2. The smallest absolute Gasteiger partial charge is 0.222 e. The Bertz CT molecular complexity index is 659. The second-order valence-corrected chi connectivity index (χ2v) is 9.40. The molecule has 2 heterocycles. The van der Waals surface area contributed by atoms with E-state index in [9.17, 15) is 24.9 Å². The van der Waals surface area contributed by atoms with Gasteiger partial charge in [-0.25, -0.2) is 0 Å². The van der Waals surface area contributed by atoms with Crippen LogP contribution in [0.3, 0.4) is 0 Å². The van der Waals surface area contributed by atoms with Gasteiger partial charge in [-0.2, -0.15) is 0 Å². The van der Waals surface area contributed by atoms with Gasteiger partial charge < -0.3 is 39.7 Å². The van der Waals surface area contributed by atoms with Crippen molar-refractivity contribution in [3.63, 3.8) is 0 Å². The van der Waals surface area contributed by atoms with Crippen molar-refractivity contribution in [1.29, 1.82) is 0 Å². The lowest BCUT2D eigenvalue weighted by Gasteiger charge is -2.42. The minimum atomic E-state index is -1.33. The molecule has 0 aliphatic carbocycles. The summed E-state index contributed by atoms with van der Waals surface area (Å²) in [5, 5.41) is 32.2. The molecule has 0 aromatic heterocycles. The largest absolute Gasteiger partial charge is 0.499 e. The highest BCUT2D eigenvalue weighted by atomic mass is 16.7. The number of nitrogens with one attached hydrogen (secondary N) is 1. The van der Waals surface area contributed by atoms with E-state index in [0.717, 1.165) is 32.2 Å². The van der Waals surface area contributed by atoms with Gasteiger partial charge in [-0.15, -0.1) is 0 Å². The fourth-order valence-electron chi connectivity index (χ4n) is 4.23. The van der Waals surface area contributed by atoms with E-state index in [-0.39, 0.29) is 18.6 Å². The van der Waals surface area contributed by atoms with Crippen molar-refractivity contribution in [3.8, 4) is 0 Å². The highest BCUT2D eigenvalue weighted by Gasteiger charge is 2.45. The zero-order chi connectivity index (χ0) is 25.1. The molecule has 2 rings (SSSR count). The predicted molar refractivity (Wildman–Crippen MR) is 124 cm³/mol. The number of carbonyl (C=O) groups excluding carboxylic acids is 2. The standard InChI is InChI=1S/C24H42N2O8/c1-16(2)10-13-32-15-18-8-7-11-26(18)20(29)9-5-4-6-12-33-24-21(25-17(3)28)23(31)22(30)19(14-27)34-24/h10,13,16,18-19,21-24,27,30-31H,4-9,11-12,14-15H2,1-3H3,(H,25,28)/t18-,19?,21?,22?,23?,24?/m0/s1. The number of aliphatic hydroxyl groups is 3. The third-order valence-corrected chi connectivity index (χ3v) is 6.11. The minimum Gasteiger partial charge on any atom is -0.499 e. The van der Waals surface area contributed by atoms with Crippen LogP contribution in [-0.2, 0) is 23.8 Å². The molecule has 2 amide bonds. The van der Waals surface area contributed by atoms with Gasteiger partial charge >= 0.3 is 0 Å². The third-order valence-electron chi connectivity index (χ3n) is 6.11. The van der Waals surface area contributed by atoms with Crippen LogP contribution in [0.1, 0.15) is 59.3 Å². The topological polar surface area (TPSA) is 138 Å². The van der Waals surface area contributed by atoms with Crippen LogP contribution in [0, 0.1) is 5.92 Å². The average Bonchev–Trinajstić information content (AvgIpc) is 3.26. The number of likely N-dealkylation sites (tertiary alicyclic amines) is 1. The number of allylic oxidation sites excluding steroid dienone is 1. The Morgan fingerprint density at radius 3 is 2.65 bits per heavy atom. The molecule has 2 aliphatic rings. The van der Waals surface area contributed by atoms with Crippen LogP contribution < -0.4 is 5.32 Å². The Kier molecular flexibility index (Phi) is 12.3. The lowest BCUT2D eigenvalue weighted by molar-refractivity contribution is -0.270. The Morgan fingerprint density at radius 1 is 1.21 bits per heavy atom. The van der Waals surface area contributed by atoms with E-state index in [2.05, 4.69) is 19.2 Å². The van der Waals surface area contributed by atoms with Crippen molar-refractivity contribution < 1.29 is 39.1 Å². The van der Waals surface area contributed by atoms with E-state index < -0.39 is 43.2 Å². The molecule has 0 bridgehead atoms. The number of hydrogen-bond acceptors (Lipinski definition) is 8. The van der Waals surface area contributed by atoms with Gasteiger partial charge in [0.2, 0.25) is 11.8 Å². The van der Waals surface area contributed by atoms with Gasteiger partial charge in [0.05, 0.1) is 18.9 Å². The van der Waals surface area contributed by atoms with Crippen LogP contribution in [0.2, 0.25) is 0 Å². The predicted octanol–water partition coefficient (Wildman–Crippen LogP) is 0.684. The van der Waals surface area contributed by atoms with Crippen LogP contribution in [0.15, 0.2) is 12.3 Å². The Balaban J connectivity index is 1.69. The van der Waals surface area contributed by atoms with Gasteiger partial charge in [0.25, 0.3) is 0 Å². The zero-order valence-corrected chi connectivity index (χ0v) is 20.6. The normalized spacial score (nSPS) is 29.7. The summed E-state index contributed by atoms with van der Waals surface area (Å²) >= 11 is 0. The summed E-state index contributed by atoms with van der Waals surface area (Å²) in [5.41, 5.74) is 0. The van der Waals surface area contributed by atoms with Gasteiger partial charge in [0.15, 0.2) is 6.29 Å². The number of rotatable bonds is 13. The SMILES string of the molecule is CC(=O)NC1C(OCCCCCC(=O)N2CCC[C@H]2COC=CC(C)C)OC(CO)C(O)C1O. The van der Waals surface area contributed by atoms with Crippen LogP contribution in [0.5, 0.6) is 0 Å². The van der Waals surface area contributed by atoms with E-state index in [4.69, 9.17) is 14.2 Å². The average molecular weight is 487 g/mol. The minimum absolute atomic E-state index is 0.128. The van der Waals surface area contributed by atoms with E-state index >= 15 is 0 Å². The maximum atomic E-state index is 12.6. The maximum absolute atomic E-state index is 12.6. The fraction of sp³-hybridized carbons (Fsp3) is 0.833. The molecule has 5 unspecified atom stereocenters. The van der Waals surface area contributed by atoms with Crippen molar-refractivity contribution in [2.24, 2.45) is 5.92 Å². The highest BCUT2D eigenvalue weighted by Crippen LogP contribution is 2.23. The number of carbonyl (C=O) groups is 2. The molecule has 2 saturated heterocycles. The van der Waals surface area contributed by atoms with E-state index in [1.165, 1.54) is 6.92 Å². The quantitative estimate of drug-likeness (QED) is 0.220. The first-order valence-electron chi connectivity index (χ1n) is 12.3. The fourth-order valence-corrected chi connectivity index (χ4v) is 4.23. The second kappa shape index (κ2) is 14.6. The molecule has 2 aliphatic heterocycles. The van der Waals surface area contributed by atoms with Gasteiger partial charge in [0.1, 0.15) is 31.0 Å². The van der Waals surface area contributed by atoms with Crippen molar-refractivity contribution >= 4 is 11.8 Å². The number of ether oxygens (including phenoxy) is 3. The molecule has 2 fully saturated rings. The summed E-state index contributed by atoms with van der Waals surface area (Å²) in [6.07, 6.45) is 3.64. The van der Waals surface area contributed by atoms with E-state index in [1.807, 2.05) is 11.0 Å². The first-order chi connectivity index (χ1) is 16.2. The van der Waals surface area contributed by atoms with Gasteiger partial charge in [-0.1, -0.05) is 20.3 Å². The van der Waals surface area contributed by atoms with Gasteiger partial charge in [-0.05, 0) is 37.7 Å². The lowest BCUT2D eigenvalue weighted by atomic mass is 9.97. The molecule has 0 spiro atoms. The summed E-state index contributed by atoms with van der Waals surface area (Å²) in [6, 6.07) is -0.815. The van der Waals surface area contributed by atoms with Gasteiger partial charge in [-0.3, -0.25) is 9.59 Å². The van der Waals surface area contributed by atoms with Crippen LogP contribution in [-0.4, -0.2) is 95.1 Å². The first kappa shape index (κ1) is 28.5. The Labute approximate surface area is 202 Å². The highest BCUT2D eigenvalue weighted by molar-refractivity contribution is 5.76. The summed E-state index contributed by atoms with van der Waals surface area (Å²) in [5.74, 6) is 0.180. The molecule has 0 aromatic carbocycles. The van der Waals surface area contributed by atoms with Crippen LogP contribution >= 0.6 is 0 Å². The van der Waals surface area contributed by atoms with E-state index in [1.54, 1.807) is 6.26 Å². The van der Waals surface area contributed by atoms with Crippen molar-refractivity contribution in [2.75, 3.05) is 26.4 Å². The number of unbranched alkanes of at least 4 members (excludes halogenated alkanes) is 2. The molecular weight excluding hydrogens is 444 g/mol. The summed E-state index contributed by atoms with van der Waals surface area (Å²) in [7, 11) is 0.